The highest BCUT2D eigenvalue weighted by Crippen LogP contribution is 2.20. The van der Waals surface area contributed by atoms with Gasteiger partial charge in [0.2, 0.25) is 0 Å². The minimum Gasteiger partial charge on any atom is -0.394 e. The first-order chi connectivity index (χ1) is 12.2. The molecule has 3 saturated heterocycles. The molecule has 0 aromatic rings. The van der Waals surface area contributed by atoms with Crippen LogP contribution in [0, 0.1) is 5.92 Å². The smallest absolute Gasteiger partial charge is 0.270 e. The lowest BCUT2D eigenvalue weighted by Gasteiger charge is -2.37. The molecule has 0 unspecified atom stereocenters. The zero-order valence-electron chi connectivity index (χ0n) is 15.6. The summed E-state index contributed by atoms with van der Waals surface area (Å²) in [5, 5.41) is 3.33. The lowest BCUT2D eigenvalue weighted by atomic mass is 9.96. The molecule has 3 aliphatic heterocycles. The maximum atomic E-state index is 12.9. The molecule has 0 radical (unpaired) electrons. The monoisotopic (exact) mass is 347 g/mol. The summed E-state index contributed by atoms with van der Waals surface area (Å²) in [7, 11) is 0. The van der Waals surface area contributed by atoms with Crippen molar-refractivity contribution in [1.82, 2.24) is 15.1 Å². The Hall–Kier alpha value is -1.40. The van der Waals surface area contributed by atoms with Gasteiger partial charge in [-0.3, -0.25) is 14.7 Å². The van der Waals surface area contributed by atoms with E-state index in [2.05, 4.69) is 17.1 Å². The Balaban J connectivity index is 1.75. The number of nitrogens with two attached hydrogens (primary N) is 1. The third-order valence-electron chi connectivity index (χ3n) is 5.50. The van der Waals surface area contributed by atoms with Crippen LogP contribution in [0.1, 0.15) is 39.0 Å². The summed E-state index contributed by atoms with van der Waals surface area (Å²) in [6.45, 7) is 9.71. The molecule has 6 nitrogen and oxygen atoms in total. The number of rotatable bonds is 5. The number of carbonyl (C=O) groups excluding carboxylic acids is 1. The van der Waals surface area contributed by atoms with Gasteiger partial charge in [-0.25, -0.2) is 0 Å². The fourth-order valence-electron chi connectivity index (χ4n) is 3.87. The van der Waals surface area contributed by atoms with Crippen LogP contribution in [0.25, 0.3) is 0 Å². The van der Waals surface area contributed by atoms with Crippen molar-refractivity contribution in [2.45, 2.75) is 39.0 Å². The molecule has 1 amide bonds. The predicted octanol–water partition coefficient (Wildman–Crippen LogP) is 0.988. The SMILES string of the molecule is CCCN=C1CCN(CC2CNC2)C/C1=C(/N)C(=O)N1CCCCC1. The average molecular weight is 348 g/mol. The van der Waals surface area contributed by atoms with Crippen LogP contribution in [0.2, 0.25) is 0 Å². The molecule has 140 valence electrons. The molecule has 3 rings (SSSR count). The van der Waals surface area contributed by atoms with Crippen LogP contribution >= 0.6 is 0 Å². The fourth-order valence-corrected chi connectivity index (χ4v) is 3.87. The predicted molar refractivity (Wildman–Crippen MR) is 102 cm³/mol. The number of carbonyl (C=O) groups is 1. The average Bonchev–Trinajstić information content (AvgIpc) is 2.63. The summed E-state index contributed by atoms with van der Waals surface area (Å²) in [4.78, 5) is 22.0. The highest BCUT2D eigenvalue weighted by Gasteiger charge is 2.29. The van der Waals surface area contributed by atoms with Crippen LogP contribution in [0.15, 0.2) is 16.3 Å². The van der Waals surface area contributed by atoms with Gasteiger partial charge in [-0.1, -0.05) is 6.92 Å². The van der Waals surface area contributed by atoms with Crippen molar-refractivity contribution in [2.75, 3.05) is 52.4 Å². The van der Waals surface area contributed by atoms with Crippen LogP contribution in [0.3, 0.4) is 0 Å². The number of likely N-dealkylation sites (tertiary alicyclic amines) is 2. The number of piperidine rings is 2. The van der Waals surface area contributed by atoms with Gasteiger partial charge < -0.3 is 16.0 Å². The summed E-state index contributed by atoms with van der Waals surface area (Å²) in [6, 6.07) is 0. The molecule has 3 N–H and O–H groups in total. The standard InChI is InChI=1S/C19H33N5O/c1-2-7-22-17-6-10-23(13-15-11-21-12-15)14-16(17)18(20)19(25)24-8-4-3-5-9-24/h15,21H,2-14,20H2,1H3/b18-16-,22-17?. The van der Waals surface area contributed by atoms with E-state index in [0.29, 0.717) is 5.70 Å². The van der Waals surface area contributed by atoms with E-state index in [9.17, 15) is 4.79 Å². The third-order valence-corrected chi connectivity index (χ3v) is 5.50. The summed E-state index contributed by atoms with van der Waals surface area (Å²) in [5.41, 5.74) is 8.88. The minimum atomic E-state index is 0.0195. The number of hydrogen-bond donors (Lipinski definition) is 2. The van der Waals surface area contributed by atoms with Crippen molar-refractivity contribution in [3.05, 3.63) is 11.3 Å². The molecule has 0 aromatic carbocycles. The topological polar surface area (TPSA) is 74.0 Å². The molecule has 0 bridgehead atoms. The van der Waals surface area contributed by atoms with Crippen LogP contribution in [-0.4, -0.2) is 73.8 Å². The number of aliphatic imine (C=N–C) groups is 1. The van der Waals surface area contributed by atoms with Gasteiger partial charge in [0.15, 0.2) is 0 Å². The highest BCUT2D eigenvalue weighted by molar-refractivity contribution is 6.08. The fraction of sp³-hybridized carbons (Fsp3) is 0.789. The zero-order chi connectivity index (χ0) is 17.6. The molecule has 3 heterocycles. The van der Waals surface area contributed by atoms with Gasteiger partial charge in [0, 0.05) is 70.1 Å². The van der Waals surface area contributed by atoms with Crippen molar-refractivity contribution < 1.29 is 4.79 Å². The van der Waals surface area contributed by atoms with Crippen molar-refractivity contribution in [3.63, 3.8) is 0 Å². The summed E-state index contributed by atoms with van der Waals surface area (Å²) in [6.07, 6.45) is 5.32. The van der Waals surface area contributed by atoms with Crippen molar-refractivity contribution in [2.24, 2.45) is 16.6 Å². The van der Waals surface area contributed by atoms with Gasteiger partial charge in [0.25, 0.3) is 5.91 Å². The second kappa shape index (κ2) is 8.81. The number of hydrogen-bond acceptors (Lipinski definition) is 5. The Labute approximate surface area is 151 Å². The number of amides is 1. The normalized spacial score (nSPS) is 26.6. The van der Waals surface area contributed by atoms with E-state index in [1.807, 2.05) is 4.90 Å². The third kappa shape index (κ3) is 4.61. The van der Waals surface area contributed by atoms with Gasteiger partial charge in [0.1, 0.15) is 5.70 Å². The van der Waals surface area contributed by atoms with Crippen LogP contribution in [0.5, 0.6) is 0 Å². The van der Waals surface area contributed by atoms with Gasteiger partial charge >= 0.3 is 0 Å². The van der Waals surface area contributed by atoms with E-state index in [1.54, 1.807) is 0 Å². The molecule has 0 aromatic heterocycles. The molecule has 3 fully saturated rings. The Bertz CT molecular complexity index is 532. The number of nitrogens with zero attached hydrogens (tertiary/aromatic N) is 3. The molecular formula is C19H33N5O. The van der Waals surface area contributed by atoms with Crippen molar-refractivity contribution in [1.29, 1.82) is 0 Å². The van der Waals surface area contributed by atoms with Crippen LogP contribution in [0.4, 0.5) is 0 Å². The number of nitrogens with one attached hydrogen (secondary N) is 1. The summed E-state index contributed by atoms with van der Waals surface area (Å²) >= 11 is 0. The Morgan fingerprint density at radius 1 is 1.24 bits per heavy atom. The molecule has 0 aliphatic carbocycles. The Kier molecular flexibility index (Phi) is 6.48. The lowest BCUT2D eigenvalue weighted by molar-refractivity contribution is -0.128. The second-order valence-electron chi connectivity index (χ2n) is 7.58. The lowest BCUT2D eigenvalue weighted by Crippen LogP contribution is -2.50. The molecule has 3 aliphatic rings. The van der Waals surface area contributed by atoms with Gasteiger partial charge in [0.05, 0.1) is 0 Å². The van der Waals surface area contributed by atoms with Gasteiger partial charge in [-0.05, 0) is 31.6 Å². The molecule has 6 heteroatoms. The van der Waals surface area contributed by atoms with Crippen molar-refractivity contribution in [3.8, 4) is 0 Å². The van der Waals surface area contributed by atoms with E-state index in [1.165, 1.54) is 6.42 Å². The van der Waals surface area contributed by atoms with Crippen LogP contribution in [-0.2, 0) is 4.79 Å². The highest BCUT2D eigenvalue weighted by atomic mass is 16.2. The summed E-state index contributed by atoms with van der Waals surface area (Å²) < 4.78 is 0. The Morgan fingerprint density at radius 2 is 2.00 bits per heavy atom. The van der Waals surface area contributed by atoms with Crippen LogP contribution < -0.4 is 11.1 Å². The Morgan fingerprint density at radius 3 is 2.64 bits per heavy atom. The van der Waals surface area contributed by atoms with Crippen molar-refractivity contribution >= 4 is 11.6 Å². The largest absolute Gasteiger partial charge is 0.394 e. The summed E-state index contributed by atoms with van der Waals surface area (Å²) in [5.74, 6) is 0.750. The first kappa shape index (κ1) is 18.4. The van der Waals surface area contributed by atoms with E-state index < -0.39 is 0 Å². The minimum absolute atomic E-state index is 0.0195. The second-order valence-corrected chi connectivity index (χ2v) is 7.58. The quantitative estimate of drug-likeness (QED) is 0.728. The molecule has 0 atom stereocenters. The first-order valence-corrected chi connectivity index (χ1v) is 9.93. The van der Waals surface area contributed by atoms with Gasteiger partial charge in [-0.2, -0.15) is 0 Å². The maximum absolute atomic E-state index is 12.9. The van der Waals surface area contributed by atoms with E-state index in [-0.39, 0.29) is 5.91 Å². The molecule has 25 heavy (non-hydrogen) atoms. The van der Waals surface area contributed by atoms with Gasteiger partial charge in [-0.15, -0.1) is 0 Å². The van der Waals surface area contributed by atoms with E-state index in [0.717, 1.165) is 95.2 Å². The zero-order valence-corrected chi connectivity index (χ0v) is 15.6. The van der Waals surface area contributed by atoms with E-state index in [4.69, 9.17) is 10.7 Å². The molecule has 0 spiro atoms. The first-order valence-electron chi connectivity index (χ1n) is 9.93. The maximum Gasteiger partial charge on any atom is 0.270 e. The molecule has 0 saturated carbocycles. The van der Waals surface area contributed by atoms with E-state index >= 15 is 0 Å². The molecular weight excluding hydrogens is 314 g/mol.